The third kappa shape index (κ3) is 5.43. The van der Waals surface area contributed by atoms with Gasteiger partial charge in [-0.2, -0.15) is 0 Å². The molecule has 31 heavy (non-hydrogen) atoms. The van der Waals surface area contributed by atoms with Crippen molar-refractivity contribution in [1.82, 2.24) is 9.88 Å². The molecule has 0 aliphatic rings. The van der Waals surface area contributed by atoms with Gasteiger partial charge in [-0.3, -0.25) is 19.0 Å². The van der Waals surface area contributed by atoms with Crippen LogP contribution < -0.4 is 16.2 Å². The van der Waals surface area contributed by atoms with Gasteiger partial charge in [0.2, 0.25) is 0 Å². The first-order valence-electron chi connectivity index (χ1n) is 9.66. The summed E-state index contributed by atoms with van der Waals surface area (Å²) in [6.45, 7) is 0.913. The zero-order valence-corrected chi connectivity index (χ0v) is 16.9. The van der Waals surface area contributed by atoms with Crippen molar-refractivity contribution in [2.24, 2.45) is 0 Å². The zero-order valence-electron chi connectivity index (χ0n) is 16.9. The highest BCUT2D eigenvalue weighted by Crippen LogP contribution is 2.15. The Labute approximate surface area is 178 Å². The average Bonchev–Trinajstić information content (AvgIpc) is 2.77. The van der Waals surface area contributed by atoms with E-state index in [9.17, 15) is 18.8 Å². The quantitative estimate of drug-likeness (QED) is 0.545. The first-order valence-corrected chi connectivity index (χ1v) is 9.66. The summed E-state index contributed by atoms with van der Waals surface area (Å²) in [5.74, 6) is -1.64. The number of hydrogen-bond donors (Lipinski definition) is 2. The molecule has 2 N–H and O–H groups in total. The van der Waals surface area contributed by atoms with Crippen LogP contribution >= 0.6 is 0 Å². The highest BCUT2D eigenvalue weighted by molar-refractivity contribution is 6.04. The van der Waals surface area contributed by atoms with Gasteiger partial charge in [0.15, 0.2) is 0 Å². The Hall–Kier alpha value is -3.78. The fourth-order valence-corrected chi connectivity index (χ4v) is 2.93. The molecule has 2 aromatic carbocycles. The molecule has 3 aromatic rings. The number of anilines is 1. The number of nitrogens with one attached hydrogen (secondary N) is 2. The van der Waals surface area contributed by atoms with Crippen LogP contribution in [0, 0.1) is 5.82 Å². The van der Waals surface area contributed by atoms with E-state index in [0.717, 1.165) is 0 Å². The van der Waals surface area contributed by atoms with Gasteiger partial charge in [0.1, 0.15) is 11.4 Å². The number of halogens is 1. The molecule has 160 valence electrons. The van der Waals surface area contributed by atoms with Gasteiger partial charge in [-0.25, -0.2) is 4.39 Å². The van der Waals surface area contributed by atoms with E-state index in [2.05, 4.69) is 10.6 Å². The molecule has 8 heteroatoms. The molecule has 0 aliphatic heterocycles. The molecule has 0 saturated carbocycles. The van der Waals surface area contributed by atoms with Gasteiger partial charge >= 0.3 is 0 Å². The maximum Gasteiger partial charge on any atom is 0.267 e. The van der Waals surface area contributed by atoms with Crippen molar-refractivity contribution in [1.29, 1.82) is 0 Å². The van der Waals surface area contributed by atoms with Gasteiger partial charge in [0.05, 0.1) is 5.56 Å². The smallest absolute Gasteiger partial charge is 0.267 e. The maximum absolute atomic E-state index is 13.8. The second-order valence-electron chi connectivity index (χ2n) is 6.68. The summed E-state index contributed by atoms with van der Waals surface area (Å²) in [6.07, 6.45) is 2.19. The summed E-state index contributed by atoms with van der Waals surface area (Å²) in [6, 6.07) is 15.2. The van der Waals surface area contributed by atoms with Crippen LogP contribution in [0.4, 0.5) is 10.1 Å². The van der Waals surface area contributed by atoms with E-state index in [0.29, 0.717) is 30.9 Å². The Kier molecular flexibility index (Phi) is 7.29. The Morgan fingerprint density at radius 2 is 1.68 bits per heavy atom. The van der Waals surface area contributed by atoms with Crippen LogP contribution in [0.15, 0.2) is 71.7 Å². The molecule has 0 unspecified atom stereocenters. The van der Waals surface area contributed by atoms with E-state index < -0.39 is 23.2 Å². The van der Waals surface area contributed by atoms with Crippen LogP contribution in [-0.4, -0.2) is 36.6 Å². The number of benzene rings is 2. The molecule has 0 fully saturated rings. The van der Waals surface area contributed by atoms with Crippen molar-refractivity contribution in [3.63, 3.8) is 0 Å². The van der Waals surface area contributed by atoms with E-state index in [-0.39, 0.29) is 11.1 Å². The molecule has 1 aromatic heterocycles. The van der Waals surface area contributed by atoms with Crippen molar-refractivity contribution in [2.75, 3.05) is 25.6 Å². The lowest BCUT2D eigenvalue weighted by atomic mass is 10.2. The molecular weight excluding hydrogens is 401 g/mol. The van der Waals surface area contributed by atoms with Gasteiger partial charge in [-0.05, 0) is 55.0 Å². The van der Waals surface area contributed by atoms with Gasteiger partial charge in [0, 0.05) is 37.8 Å². The van der Waals surface area contributed by atoms with Crippen LogP contribution in [0.2, 0.25) is 0 Å². The summed E-state index contributed by atoms with van der Waals surface area (Å²) < 4.78 is 20.0. The number of ether oxygens (including phenoxy) is 1. The molecule has 2 amide bonds. The minimum absolute atomic E-state index is 0.0249. The minimum atomic E-state index is -0.611. The number of aromatic nitrogens is 1. The lowest BCUT2D eigenvalue weighted by molar-refractivity contribution is 0.0946. The molecular formula is C23H22FN3O4. The number of methoxy groups -OCH3 is 1. The first-order chi connectivity index (χ1) is 15.0. The van der Waals surface area contributed by atoms with Crippen LogP contribution in [-0.2, 0) is 4.74 Å². The molecule has 0 spiro atoms. The second-order valence-corrected chi connectivity index (χ2v) is 6.68. The zero-order chi connectivity index (χ0) is 22.2. The van der Waals surface area contributed by atoms with Crippen LogP contribution in [0.1, 0.15) is 27.1 Å². The molecule has 0 atom stereocenters. The number of amides is 2. The second kappa shape index (κ2) is 10.3. The Morgan fingerprint density at radius 1 is 0.968 bits per heavy atom. The van der Waals surface area contributed by atoms with E-state index in [1.54, 1.807) is 49.7 Å². The summed E-state index contributed by atoms with van der Waals surface area (Å²) in [4.78, 5) is 37.3. The van der Waals surface area contributed by atoms with Gasteiger partial charge in [-0.15, -0.1) is 0 Å². The highest BCUT2D eigenvalue weighted by Gasteiger charge is 2.13. The summed E-state index contributed by atoms with van der Waals surface area (Å²) >= 11 is 0. The van der Waals surface area contributed by atoms with Crippen LogP contribution in [0.25, 0.3) is 5.69 Å². The van der Waals surface area contributed by atoms with E-state index >= 15 is 0 Å². The normalized spacial score (nSPS) is 10.5. The van der Waals surface area contributed by atoms with Crippen molar-refractivity contribution >= 4 is 17.5 Å². The van der Waals surface area contributed by atoms with E-state index in [1.165, 1.54) is 28.8 Å². The minimum Gasteiger partial charge on any atom is -0.385 e. The summed E-state index contributed by atoms with van der Waals surface area (Å²) in [5.41, 5.74) is 0.457. The molecule has 0 aliphatic carbocycles. The summed E-state index contributed by atoms with van der Waals surface area (Å²) in [5, 5.41) is 5.31. The highest BCUT2D eigenvalue weighted by atomic mass is 19.1. The number of rotatable bonds is 8. The van der Waals surface area contributed by atoms with Crippen molar-refractivity contribution in [3.8, 4) is 5.69 Å². The van der Waals surface area contributed by atoms with Gasteiger partial charge in [0.25, 0.3) is 17.4 Å². The van der Waals surface area contributed by atoms with E-state index in [1.807, 2.05) is 0 Å². The Balaban J connectivity index is 1.74. The molecule has 0 saturated heterocycles. The Bertz CT molecular complexity index is 1130. The largest absolute Gasteiger partial charge is 0.385 e. The predicted octanol–water partition coefficient (Wildman–Crippen LogP) is 3.00. The number of carbonyl (C=O) groups excluding carboxylic acids is 2. The molecule has 1 heterocycles. The standard InChI is InChI=1S/C23H22FN3O4/c1-31-15-5-13-25-21(28)19-7-4-14-27(23(19)30)17-11-9-16(10-12-17)26-22(29)18-6-2-3-8-20(18)24/h2-4,6-12,14H,5,13,15H2,1H3,(H,25,28)(H,26,29). The van der Waals surface area contributed by atoms with E-state index in [4.69, 9.17) is 4.74 Å². The van der Waals surface area contributed by atoms with Crippen molar-refractivity contribution in [2.45, 2.75) is 6.42 Å². The molecule has 0 bridgehead atoms. The fraction of sp³-hybridized carbons (Fsp3) is 0.174. The van der Waals surface area contributed by atoms with Gasteiger partial charge < -0.3 is 15.4 Å². The number of nitrogens with zero attached hydrogens (tertiary/aromatic N) is 1. The third-order valence-electron chi connectivity index (χ3n) is 4.52. The predicted molar refractivity (Wildman–Crippen MR) is 115 cm³/mol. The SMILES string of the molecule is COCCCNC(=O)c1cccn(-c2ccc(NC(=O)c3ccccc3F)cc2)c1=O. The molecule has 7 nitrogen and oxygen atoms in total. The lowest BCUT2D eigenvalue weighted by Crippen LogP contribution is -2.33. The fourth-order valence-electron chi connectivity index (χ4n) is 2.93. The Morgan fingerprint density at radius 3 is 2.39 bits per heavy atom. The van der Waals surface area contributed by atoms with Crippen molar-refractivity contribution < 1.29 is 18.7 Å². The molecule has 3 rings (SSSR count). The summed E-state index contributed by atoms with van der Waals surface area (Å²) in [7, 11) is 1.58. The molecule has 0 radical (unpaired) electrons. The maximum atomic E-state index is 13.8. The number of carbonyl (C=O) groups is 2. The van der Waals surface area contributed by atoms with Crippen LogP contribution in [0.5, 0.6) is 0 Å². The monoisotopic (exact) mass is 423 g/mol. The average molecular weight is 423 g/mol. The topological polar surface area (TPSA) is 89.4 Å². The number of pyridine rings is 1. The lowest BCUT2D eigenvalue weighted by Gasteiger charge is -2.10. The number of hydrogen-bond acceptors (Lipinski definition) is 4. The third-order valence-corrected chi connectivity index (χ3v) is 4.52. The van der Waals surface area contributed by atoms with Crippen molar-refractivity contribution in [3.05, 3.63) is 94.2 Å². The van der Waals surface area contributed by atoms with Crippen LogP contribution in [0.3, 0.4) is 0 Å². The first kappa shape index (κ1) is 21.9. The van der Waals surface area contributed by atoms with Gasteiger partial charge in [-0.1, -0.05) is 12.1 Å².